The number of rotatable bonds is 6. The Morgan fingerprint density at radius 3 is 2.61 bits per heavy atom. The van der Waals surface area contributed by atoms with Crippen molar-refractivity contribution in [2.75, 3.05) is 18.9 Å². The van der Waals surface area contributed by atoms with E-state index < -0.39 is 5.60 Å². The number of carbonyl (C=O) groups is 1. The lowest BCUT2D eigenvalue weighted by atomic mass is 10.0. The van der Waals surface area contributed by atoms with Crippen molar-refractivity contribution in [2.24, 2.45) is 0 Å². The van der Waals surface area contributed by atoms with Gasteiger partial charge in [0, 0.05) is 12.2 Å². The maximum atomic E-state index is 11.5. The smallest absolute Gasteiger partial charge is 0.258 e. The number of benzene rings is 1. The lowest BCUT2D eigenvalue weighted by molar-refractivity contribution is -0.124. The predicted octanol–water partition coefficient (Wildman–Crippen LogP) is 0.925. The normalized spacial score (nSPS) is 13.7. The van der Waals surface area contributed by atoms with E-state index in [4.69, 9.17) is 10.5 Å². The minimum atomic E-state index is -0.878. The van der Waals surface area contributed by atoms with Crippen molar-refractivity contribution in [3.05, 3.63) is 24.3 Å². The molecular weight excluding hydrogens is 232 g/mol. The second-order valence-electron chi connectivity index (χ2n) is 4.48. The Labute approximate surface area is 107 Å². The third-order valence-electron chi connectivity index (χ3n) is 2.68. The van der Waals surface area contributed by atoms with Gasteiger partial charge in [0.05, 0.1) is 5.60 Å². The fourth-order valence-electron chi connectivity index (χ4n) is 1.18. The van der Waals surface area contributed by atoms with Crippen molar-refractivity contribution in [1.29, 1.82) is 0 Å². The molecule has 0 aromatic heterocycles. The molecule has 1 atom stereocenters. The van der Waals surface area contributed by atoms with Crippen LogP contribution in [-0.2, 0) is 4.79 Å². The fourth-order valence-corrected chi connectivity index (χ4v) is 1.18. The summed E-state index contributed by atoms with van der Waals surface area (Å²) >= 11 is 0. The molecule has 0 aliphatic heterocycles. The number of aliphatic hydroxyl groups is 1. The van der Waals surface area contributed by atoms with Crippen LogP contribution in [0.4, 0.5) is 5.69 Å². The summed E-state index contributed by atoms with van der Waals surface area (Å²) in [5.74, 6) is 0.321. The molecule has 100 valence electrons. The molecule has 0 heterocycles. The molecule has 0 bridgehead atoms. The van der Waals surface area contributed by atoms with Gasteiger partial charge >= 0.3 is 0 Å². The number of nitrogens with two attached hydrogens (primary N) is 1. The number of amides is 1. The van der Waals surface area contributed by atoms with E-state index in [1.54, 1.807) is 31.2 Å². The van der Waals surface area contributed by atoms with E-state index in [2.05, 4.69) is 5.32 Å². The van der Waals surface area contributed by atoms with E-state index in [0.29, 0.717) is 17.9 Å². The molecule has 1 rings (SSSR count). The van der Waals surface area contributed by atoms with Crippen LogP contribution in [0, 0.1) is 0 Å². The van der Waals surface area contributed by atoms with Crippen LogP contribution in [0.3, 0.4) is 0 Å². The first-order chi connectivity index (χ1) is 8.43. The number of anilines is 1. The average Bonchev–Trinajstić information content (AvgIpc) is 2.36. The second-order valence-corrected chi connectivity index (χ2v) is 4.48. The maximum Gasteiger partial charge on any atom is 0.258 e. The minimum absolute atomic E-state index is 0.0797. The SMILES string of the molecule is CCC(C)(O)CNC(=O)COc1ccc(N)cc1. The van der Waals surface area contributed by atoms with E-state index in [0.717, 1.165) is 0 Å². The van der Waals surface area contributed by atoms with Gasteiger partial charge in [0.2, 0.25) is 0 Å². The Morgan fingerprint density at radius 1 is 1.44 bits per heavy atom. The lowest BCUT2D eigenvalue weighted by Crippen LogP contribution is -2.41. The molecular formula is C13H20N2O3. The highest BCUT2D eigenvalue weighted by atomic mass is 16.5. The van der Waals surface area contributed by atoms with Gasteiger partial charge in [-0.05, 0) is 37.6 Å². The minimum Gasteiger partial charge on any atom is -0.484 e. The molecule has 0 saturated heterocycles. The maximum absolute atomic E-state index is 11.5. The molecule has 1 amide bonds. The summed E-state index contributed by atoms with van der Waals surface area (Å²) in [5, 5.41) is 12.3. The number of ether oxygens (including phenoxy) is 1. The van der Waals surface area contributed by atoms with Gasteiger partial charge in [0.25, 0.3) is 5.91 Å². The van der Waals surface area contributed by atoms with E-state index >= 15 is 0 Å². The number of carbonyl (C=O) groups excluding carboxylic acids is 1. The van der Waals surface area contributed by atoms with Crippen molar-refractivity contribution >= 4 is 11.6 Å². The molecule has 0 aliphatic carbocycles. The molecule has 1 unspecified atom stereocenters. The first-order valence-electron chi connectivity index (χ1n) is 5.90. The highest BCUT2D eigenvalue weighted by Crippen LogP contribution is 2.12. The van der Waals surface area contributed by atoms with Crippen LogP contribution in [0.5, 0.6) is 5.75 Å². The van der Waals surface area contributed by atoms with E-state index in [1.807, 2.05) is 6.92 Å². The summed E-state index contributed by atoms with van der Waals surface area (Å²) < 4.78 is 5.27. The second kappa shape index (κ2) is 6.26. The summed E-state index contributed by atoms with van der Waals surface area (Å²) in [5.41, 5.74) is 5.30. The average molecular weight is 252 g/mol. The first kappa shape index (κ1) is 14.3. The van der Waals surface area contributed by atoms with Crippen LogP contribution in [0.25, 0.3) is 0 Å². The van der Waals surface area contributed by atoms with Crippen molar-refractivity contribution in [3.8, 4) is 5.75 Å². The third kappa shape index (κ3) is 5.05. The van der Waals surface area contributed by atoms with Crippen LogP contribution in [0.15, 0.2) is 24.3 Å². The molecule has 18 heavy (non-hydrogen) atoms. The van der Waals surface area contributed by atoms with Crippen LogP contribution in [0.1, 0.15) is 20.3 Å². The van der Waals surface area contributed by atoms with Crippen molar-refractivity contribution < 1.29 is 14.6 Å². The van der Waals surface area contributed by atoms with Gasteiger partial charge in [-0.3, -0.25) is 4.79 Å². The number of nitrogen functional groups attached to an aromatic ring is 1. The zero-order valence-electron chi connectivity index (χ0n) is 10.8. The third-order valence-corrected chi connectivity index (χ3v) is 2.68. The highest BCUT2D eigenvalue weighted by molar-refractivity contribution is 5.77. The first-order valence-corrected chi connectivity index (χ1v) is 5.90. The zero-order valence-corrected chi connectivity index (χ0v) is 10.8. The molecule has 5 nitrogen and oxygen atoms in total. The molecule has 1 aromatic carbocycles. The van der Waals surface area contributed by atoms with E-state index in [-0.39, 0.29) is 19.1 Å². The van der Waals surface area contributed by atoms with E-state index in [9.17, 15) is 9.90 Å². The van der Waals surface area contributed by atoms with Crippen molar-refractivity contribution in [1.82, 2.24) is 5.32 Å². The Bertz CT molecular complexity index is 388. The molecule has 1 aromatic rings. The van der Waals surface area contributed by atoms with Gasteiger partial charge in [-0.15, -0.1) is 0 Å². The monoisotopic (exact) mass is 252 g/mol. The summed E-state index contributed by atoms with van der Waals surface area (Å²) in [4.78, 5) is 11.5. The topological polar surface area (TPSA) is 84.6 Å². The summed E-state index contributed by atoms with van der Waals surface area (Å²) in [6.45, 7) is 3.67. The van der Waals surface area contributed by atoms with Gasteiger partial charge in [-0.1, -0.05) is 6.92 Å². The van der Waals surface area contributed by atoms with Gasteiger partial charge in [0.1, 0.15) is 5.75 Å². The molecule has 5 heteroatoms. The standard InChI is InChI=1S/C13H20N2O3/c1-3-13(2,17)9-15-12(16)8-18-11-6-4-10(14)5-7-11/h4-7,17H,3,8-9,14H2,1-2H3,(H,15,16). The molecule has 0 fully saturated rings. The Balaban J connectivity index is 2.31. The Kier molecular flexibility index (Phi) is 4.97. The summed E-state index contributed by atoms with van der Waals surface area (Å²) in [6.07, 6.45) is 0.575. The number of nitrogens with one attached hydrogen (secondary N) is 1. The number of hydrogen-bond acceptors (Lipinski definition) is 4. The Morgan fingerprint density at radius 2 is 2.06 bits per heavy atom. The Hall–Kier alpha value is -1.75. The summed E-state index contributed by atoms with van der Waals surface area (Å²) in [6, 6.07) is 6.81. The van der Waals surface area contributed by atoms with Crippen LogP contribution in [-0.4, -0.2) is 29.8 Å². The number of hydrogen-bond donors (Lipinski definition) is 3. The van der Waals surface area contributed by atoms with Crippen LogP contribution >= 0.6 is 0 Å². The van der Waals surface area contributed by atoms with Gasteiger partial charge in [-0.2, -0.15) is 0 Å². The molecule has 0 radical (unpaired) electrons. The largest absolute Gasteiger partial charge is 0.484 e. The van der Waals surface area contributed by atoms with E-state index in [1.165, 1.54) is 0 Å². The predicted molar refractivity (Wildman–Crippen MR) is 70.3 cm³/mol. The van der Waals surface area contributed by atoms with Gasteiger partial charge in [0.15, 0.2) is 6.61 Å². The van der Waals surface area contributed by atoms with Gasteiger partial charge in [-0.25, -0.2) is 0 Å². The summed E-state index contributed by atoms with van der Waals surface area (Å²) in [7, 11) is 0. The zero-order chi connectivity index (χ0) is 13.6. The molecule has 4 N–H and O–H groups in total. The van der Waals surface area contributed by atoms with Crippen molar-refractivity contribution in [2.45, 2.75) is 25.9 Å². The van der Waals surface area contributed by atoms with Crippen molar-refractivity contribution in [3.63, 3.8) is 0 Å². The lowest BCUT2D eigenvalue weighted by Gasteiger charge is -2.21. The fraction of sp³-hybridized carbons (Fsp3) is 0.462. The quantitative estimate of drug-likeness (QED) is 0.657. The van der Waals surface area contributed by atoms with Crippen LogP contribution < -0.4 is 15.8 Å². The molecule has 0 spiro atoms. The highest BCUT2D eigenvalue weighted by Gasteiger charge is 2.18. The molecule has 0 saturated carbocycles. The van der Waals surface area contributed by atoms with Gasteiger partial charge < -0.3 is 20.9 Å². The van der Waals surface area contributed by atoms with Crippen LogP contribution in [0.2, 0.25) is 0 Å². The molecule has 0 aliphatic rings.